The van der Waals surface area contributed by atoms with Crippen molar-refractivity contribution in [2.24, 2.45) is 10.7 Å². The Hall–Kier alpha value is -4.40. The van der Waals surface area contributed by atoms with Crippen LogP contribution in [0, 0.1) is 0 Å². The van der Waals surface area contributed by atoms with Crippen LogP contribution in [-0.4, -0.2) is 53.9 Å². The zero-order valence-electron chi connectivity index (χ0n) is 23.6. The lowest BCUT2D eigenvalue weighted by molar-refractivity contribution is -0.127. The molecule has 3 aromatic rings. The molecule has 0 aliphatic carbocycles. The zero-order valence-corrected chi connectivity index (χ0v) is 23.6. The summed E-state index contributed by atoms with van der Waals surface area (Å²) in [7, 11) is 1.59. The number of fused-ring (bicyclic) bond motifs is 2. The average molecular weight is 544 g/mol. The number of hydrogen-bond acceptors (Lipinski definition) is 6. The maximum Gasteiger partial charge on any atom is 0.258 e. The van der Waals surface area contributed by atoms with Crippen LogP contribution in [0.15, 0.2) is 58.0 Å². The van der Waals surface area contributed by atoms with Gasteiger partial charge in [0, 0.05) is 48.8 Å². The molecular weight excluding hydrogens is 506 g/mol. The number of nitrogens with one attached hydrogen (secondary N) is 1. The molecule has 9 heteroatoms. The van der Waals surface area contributed by atoms with Crippen LogP contribution >= 0.6 is 0 Å². The predicted molar refractivity (Wildman–Crippen MR) is 160 cm³/mol. The summed E-state index contributed by atoms with van der Waals surface area (Å²) in [4.78, 5) is 44.9. The number of amidine groups is 1. The normalized spacial score (nSPS) is 12.7. The molecule has 1 aromatic heterocycles. The van der Waals surface area contributed by atoms with Gasteiger partial charge in [-0.1, -0.05) is 19.9 Å². The maximum atomic E-state index is 13.4. The van der Waals surface area contributed by atoms with Gasteiger partial charge in [-0.2, -0.15) is 0 Å². The van der Waals surface area contributed by atoms with Crippen molar-refractivity contribution >= 4 is 40.2 Å². The molecule has 210 valence electrons. The van der Waals surface area contributed by atoms with Gasteiger partial charge in [0.2, 0.25) is 11.8 Å². The highest BCUT2D eigenvalue weighted by Crippen LogP contribution is 2.39. The van der Waals surface area contributed by atoms with Crippen molar-refractivity contribution in [3.63, 3.8) is 0 Å². The minimum Gasteiger partial charge on any atom is -0.496 e. The standard InChI is InChI=1S/C31H37N5O4/c1-5-11-35(12-6-2)30(38)23-15-25-26(34-28(32)18-23)16-22(17-27(25)40-4)20-8-9-24-21(14-20)10-13-36(31(24)39)19-29(37)33-7-3/h8-10,13-17H,5-7,11-12,18-19H2,1-4H3,(H2,32,34)(H,33,37). The quantitative estimate of drug-likeness (QED) is 0.397. The van der Waals surface area contributed by atoms with Crippen LogP contribution in [0.3, 0.4) is 0 Å². The minimum atomic E-state index is -0.227. The molecule has 2 heterocycles. The number of aliphatic imine (C=N–C) groups is 1. The first-order valence-corrected chi connectivity index (χ1v) is 13.7. The first-order chi connectivity index (χ1) is 19.3. The van der Waals surface area contributed by atoms with Gasteiger partial charge in [0.05, 0.1) is 12.8 Å². The number of pyridine rings is 1. The fourth-order valence-corrected chi connectivity index (χ4v) is 4.99. The van der Waals surface area contributed by atoms with Crippen molar-refractivity contribution in [2.45, 2.75) is 46.6 Å². The molecule has 9 nitrogen and oxygen atoms in total. The predicted octanol–water partition coefficient (Wildman–Crippen LogP) is 4.24. The van der Waals surface area contributed by atoms with E-state index in [1.54, 1.807) is 19.4 Å². The van der Waals surface area contributed by atoms with E-state index in [-0.39, 0.29) is 30.3 Å². The molecule has 0 spiro atoms. The number of carbonyl (C=O) groups is 2. The molecule has 0 unspecified atom stereocenters. The van der Waals surface area contributed by atoms with Gasteiger partial charge in [0.25, 0.3) is 5.56 Å². The van der Waals surface area contributed by atoms with Crippen LogP contribution in [0.1, 0.15) is 45.6 Å². The molecule has 40 heavy (non-hydrogen) atoms. The van der Waals surface area contributed by atoms with Gasteiger partial charge in [0.15, 0.2) is 0 Å². The fraction of sp³-hybridized carbons (Fsp3) is 0.355. The molecule has 0 radical (unpaired) electrons. The van der Waals surface area contributed by atoms with E-state index in [0.29, 0.717) is 53.4 Å². The van der Waals surface area contributed by atoms with Gasteiger partial charge in [-0.05, 0) is 72.7 Å². The smallest absolute Gasteiger partial charge is 0.258 e. The third-order valence-electron chi connectivity index (χ3n) is 6.84. The lowest BCUT2D eigenvalue weighted by Gasteiger charge is -2.22. The summed E-state index contributed by atoms with van der Waals surface area (Å²) in [6.45, 7) is 7.80. The maximum absolute atomic E-state index is 13.4. The second-order valence-corrected chi connectivity index (χ2v) is 9.86. The van der Waals surface area contributed by atoms with Crippen LogP contribution in [0.4, 0.5) is 5.69 Å². The molecule has 3 N–H and O–H groups in total. The number of nitrogens with two attached hydrogens (primary N) is 1. The number of ether oxygens (including phenoxy) is 1. The largest absolute Gasteiger partial charge is 0.496 e. The first kappa shape index (κ1) is 28.6. The van der Waals surface area contributed by atoms with Crippen molar-refractivity contribution in [1.82, 2.24) is 14.8 Å². The molecule has 1 aliphatic heterocycles. The number of benzene rings is 2. The van der Waals surface area contributed by atoms with Gasteiger partial charge in [-0.25, -0.2) is 4.99 Å². The molecule has 0 fully saturated rings. The Bertz CT molecular complexity index is 1550. The van der Waals surface area contributed by atoms with E-state index in [1.807, 2.05) is 48.2 Å². The van der Waals surface area contributed by atoms with Crippen LogP contribution in [0.25, 0.3) is 28.0 Å². The first-order valence-electron chi connectivity index (χ1n) is 13.7. The SMILES string of the molecule is CCCN(CCC)C(=O)C1=Cc2c(cc(-c3ccc4c(=O)n(CC(=O)NCC)ccc4c3)cc2OC)N=C(N)C1. The molecule has 0 saturated carbocycles. The molecule has 2 amide bonds. The highest BCUT2D eigenvalue weighted by molar-refractivity contribution is 6.06. The van der Waals surface area contributed by atoms with E-state index < -0.39 is 0 Å². The Labute approximate surface area is 234 Å². The number of amides is 2. The zero-order chi connectivity index (χ0) is 28.8. The van der Waals surface area contributed by atoms with Gasteiger partial charge in [-0.15, -0.1) is 0 Å². The summed E-state index contributed by atoms with van der Waals surface area (Å²) in [6, 6.07) is 11.2. The van der Waals surface area contributed by atoms with E-state index >= 15 is 0 Å². The highest BCUT2D eigenvalue weighted by atomic mass is 16.5. The summed E-state index contributed by atoms with van der Waals surface area (Å²) in [6.07, 6.45) is 5.49. The average Bonchev–Trinajstić information content (AvgIpc) is 3.11. The minimum absolute atomic E-state index is 0.0293. The number of hydrogen-bond donors (Lipinski definition) is 2. The Morgan fingerprint density at radius 3 is 2.50 bits per heavy atom. The van der Waals surface area contributed by atoms with Gasteiger partial charge >= 0.3 is 0 Å². The number of carbonyl (C=O) groups excluding carboxylic acids is 2. The number of rotatable bonds is 10. The number of nitrogens with zero attached hydrogens (tertiary/aromatic N) is 3. The van der Waals surface area contributed by atoms with Gasteiger partial charge in [0.1, 0.15) is 18.1 Å². The molecule has 0 saturated heterocycles. The van der Waals surface area contributed by atoms with Crippen molar-refractivity contribution in [3.05, 3.63) is 64.1 Å². The van der Waals surface area contributed by atoms with Crippen molar-refractivity contribution in [1.29, 1.82) is 0 Å². The Morgan fingerprint density at radius 1 is 1.07 bits per heavy atom. The molecular formula is C31H37N5O4. The number of aromatic nitrogens is 1. The summed E-state index contributed by atoms with van der Waals surface area (Å²) in [5.74, 6) is 0.691. The van der Waals surface area contributed by atoms with E-state index in [9.17, 15) is 14.4 Å². The van der Waals surface area contributed by atoms with Crippen LogP contribution in [-0.2, 0) is 16.1 Å². The molecule has 2 aromatic carbocycles. The fourth-order valence-electron chi connectivity index (χ4n) is 4.99. The second kappa shape index (κ2) is 12.6. The lowest BCUT2D eigenvalue weighted by atomic mass is 9.98. The Morgan fingerprint density at radius 2 is 1.82 bits per heavy atom. The number of methoxy groups -OCH3 is 1. The molecule has 4 rings (SSSR count). The van der Waals surface area contributed by atoms with Crippen LogP contribution in [0.2, 0.25) is 0 Å². The Kier molecular flexibility index (Phi) is 9.04. The van der Waals surface area contributed by atoms with E-state index in [1.165, 1.54) is 4.57 Å². The molecule has 0 bridgehead atoms. The summed E-state index contributed by atoms with van der Waals surface area (Å²) in [5.41, 5.74) is 9.68. The van der Waals surface area contributed by atoms with Gasteiger partial charge in [-0.3, -0.25) is 14.4 Å². The number of likely N-dealkylation sites (N-methyl/N-ethyl adjacent to an activating group) is 1. The lowest BCUT2D eigenvalue weighted by Crippen LogP contribution is -2.34. The van der Waals surface area contributed by atoms with E-state index in [4.69, 9.17) is 10.5 Å². The van der Waals surface area contributed by atoms with Crippen LogP contribution in [0.5, 0.6) is 5.75 Å². The molecule has 0 atom stereocenters. The topological polar surface area (TPSA) is 119 Å². The highest BCUT2D eigenvalue weighted by Gasteiger charge is 2.23. The van der Waals surface area contributed by atoms with Gasteiger partial charge < -0.3 is 25.3 Å². The van der Waals surface area contributed by atoms with E-state index in [2.05, 4.69) is 24.2 Å². The third-order valence-corrected chi connectivity index (χ3v) is 6.84. The third kappa shape index (κ3) is 6.09. The van der Waals surface area contributed by atoms with Crippen molar-refractivity contribution < 1.29 is 14.3 Å². The Balaban J connectivity index is 1.74. The van der Waals surface area contributed by atoms with Crippen molar-refractivity contribution in [2.75, 3.05) is 26.7 Å². The summed E-state index contributed by atoms with van der Waals surface area (Å²) >= 11 is 0. The monoisotopic (exact) mass is 543 g/mol. The summed E-state index contributed by atoms with van der Waals surface area (Å²) in [5, 5.41) is 3.99. The van der Waals surface area contributed by atoms with Crippen molar-refractivity contribution in [3.8, 4) is 16.9 Å². The summed E-state index contributed by atoms with van der Waals surface area (Å²) < 4.78 is 7.16. The second-order valence-electron chi connectivity index (χ2n) is 9.86. The van der Waals surface area contributed by atoms with Crippen LogP contribution < -0.4 is 21.3 Å². The molecule has 1 aliphatic rings. The van der Waals surface area contributed by atoms with E-state index in [0.717, 1.165) is 29.4 Å².